The summed E-state index contributed by atoms with van der Waals surface area (Å²) in [5.74, 6) is 1.74. The quantitative estimate of drug-likeness (QED) is 0.774. The van der Waals surface area contributed by atoms with E-state index in [1.807, 2.05) is 24.3 Å². The topological polar surface area (TPSA) is 96.7 Å². The van der Waals surface area contributed by atoms with E-state index in [0.717, 1.165) is 42.8 Å². The number of nitrogens with one attached hydrogen (secondary N) is 2. The molecule has 4 N–H and O–H groups in total. The fraction of sp³-hybridized carbons (Fsp3) is 0.500. The molecule has 1 aliphatic rings. The van der Waals surface area contributed by atoms with E-state index in [1.54, 1.807) is 0 Å². The van der Waals surface area contributed by atoms with Crippen molar-refractivity contribution < 1.29 is 4.79 Å². The zero-order valence-electron chi connectivity index (χ0n) is 14.7. The van der Waals surface area contributed by atoms with Crippen molar-refractivity contribution >= 4 is 24.0 Å². The molecule has 1 fully saturated rings. The molecule has 2 atom stereocenters. The van der Waals surface area contributed by atoms with Gasteiger partial charge in [-0.15, -0.1) is 12.4 Å². The maximum absolute atomic E-state index is 12.6. The number of halogens is 1. The number of hydrogen-bond donors (Lipinski definition) is 3. The lowest BCUT2D eigenvalue weighted by Crippen LogP contribution is -2.34. The van der Waals surface area contributed by atoms with Crippen LogP contribution in [0.25, 0.3) is 11.4 Å². The number of nitrogens with two attached hydrogens (primary N) is 1. The molecule has 0 bridgehead atoms. The van der Waals surface area contributed by atoms with E-state index < -0.39 is 0 Å². The Hall–Kier alpha value is -1.92. The minimum Gasteiger partial charge on any atom is -0.328 e. The lowest BCUT2D eigenvalue weighted by Gasteiger charge is -2.25. The van der Waals surface area contributed by atoms with Gasteiger partial charge in [-0.2, -0.15) is 5.10 Å². The number of nitrogens with zero attached hydrogens (tertiary/aromatic N) is 2. The molecule has 1 saturated carbocycles. The Morgan fingerprint density at radius 2 is 2.08 bits per heavy atom. The third kappa shape index (κ3) is 4.58. The molecule has 6 nitrogen and oxygen atoms in total. The summed E-state index contributed by atoms with van der Waals surface area (Å²) in [5, 5.41) is 10.3. The Morgan fingerprint density at radius 1 is 1.32 bits per heavy atom. The van der Waals surface area contributed by atoms with Crippen molar-refractivity contribution in [2.24, 2.45) is 11.7 Å². The van der Waals surface area contributed by atoms with Gasteiger partial charge < -0.3 is 11.1 Å². The van der Waals surface area contributed by atoms with Gasteiger partial charge in [-0.25, -0.2) is 4.98 Å². The zero-order valence-corrected chi connectivity index (χ0v) is 15.5. The third-order valence-electron chi connectivity index (χ3n) is 4.56. The summed E-state index contributed by atoms with van der Waals surface area (Å²) in [7, 11) is 0. The van der Waals surface area contributed by atoms with Crippen LogP contribution in [0.15, 0.2) is 24.3 Å². The predicted molar refractivity (Wildman–Crippen MR) is 102 cm³/mol. The number of hydrogen-bond acceptors (Lipinski definition) is 4. The molecule has 1 amide bonds. The van der Waals surface area contributed by atoms with Crippen LogP contribution in [0.4, 0.5) is 5.69 Å². The maximum Gasteiger partial charge on any atom is 0.227 e. The van der Waals surface area contributed by atoms with E-state index >= 15 is 0 Å². The summed E-state index contributed by atoms with van der Waals surface area (Å²) in [6, 6.07) is 7.78. The summed E-state index contributed by atoms with van der Waals surface area (Å²) >= 11 is 0. The third-order valence-corrected chi connectivity index (χ3v) is 4.56. The number of carbonyl (C=O) groups is 1. The van der Waals surface area contributed by atoms with Gasteiger partial charge in [0, 0.05) is 23.4 Å². The number of anilines is 1. The highest BCUT2D eigenvalue weighted by atomic mass is 35.5. The summed E-state index contributed by atoms with van der Waals surface area (Å²) < 4.78 is 0. The van der Waals surface area contributed by atoms with E-state index in [2.05, 4.69) is 34.3 Å². The highest BCUT2D eigenvalue weighted by molar-refractivity contribution is 5.96. The second kappa shape index (κ2) is 8.45. The van der Waals surface area contributed by atoms with Gasteiger partial charge in [0.2, 0.25) is 5.91 Å². The molecule has 7 heteroatoms. The van der Waals surface area contributed by atoms with Gasteiger partial charge >= 0.3 is 0 Å². The van der Waals surface area contributed by atoms with Crippen LogP contribution in [0.5, 0.6) is 0 Å². The molecular formula is C18H26ClN5O. The van der Waals surface area contributed by atoms with Gasteiger partial charge in [0.15, 0.2) is 5.82 Å². The zero-order chi connectivity index (χ0) is 17.1. The molecule has 0 saturated heterocycles. The highest BCUT2D eigenvalue weighted by Crippen LogP contribution is 2.29. The van der Waals surface area contributed by atoms with E-state index in [4.69, 9.17) is 5.73 Å². The number of carbonyl (C=O) groups excluding carboxylic acids is 1. The minimum absolute atomic E-state index is 0. The molecule has 0 aliphatic heterocycles. The van der Waals surface area contributed by atoms with Crippen LogP contribution in [0.2, 0.25) is 0 Å². The molecule has 2 aromatic rings. The van der Waals surface area contributed by atoms with E-state index in [1.165, 1.54) is 0 Å². The fourth-order valence-electron chi connectivity index (χ4n) is 3.14. The first-order valence-electron chi connectivity index (χ1n) is 8.62. The number of rotatable bonds is 4. The first kappa shape index (κ1) is 19.4. The van der Waals surface area contributed by atoms with Gasteiger partial charge in [0.1, 0.15) is 5.82 Å². The largest absolute Gasteiger partial charge is 0.328 e. The molecule has 2 unspecified atom stereocenters. The minimum atomic E-state index is -0.0137. The van der Waals surface area contributed by atoms with Crippen LogP contribution < -0.4 is 11.1 Å². The number of para-hydroxylation sites is 1. The number of aromatic nitrogens is 3. The van der Waals surface area contributed by atoms with E-state index in [0.29, 0.717) is 5.82 Å². The lowest BCUT2D eigenvalue weighted by atomic mass is 9.85. The Kier molecular flexibility index (Phi) is 6.56. The predicted octanol–water partition coefficient (Wildman–Crippen LogP) is 3.47. The molecular weight excluding hydrogens is 338 g/mol. The van der Waals surface area contributed by atoms with Gasteiger partial charge in [-0.1, -0.05) is 32.4 Å². The lowest BCUT2D eigenvalue weighted by molar-refractivity contribution is -0.120. The Bertz CT molecular complexity index is 715. The first-order valence-corrected chi connectivity index (χ1v) is 8.62. The SMILES string of the molecule is CC(C)c1nc(-c2ccccc2NC(=O)C2CCCC(N)C2)n[nH]1.Cl. The van der Waals surface area contributed by atoms with Crippen molar-refractivity contribution in [3.8, 4) is 11.4 Å². The fourth-order valence-corrected chi connectivity index (χ4v) is 3.14. The van der Waals surface area contributed by atoms with Crippen LogP contribution in [-0.2, 0) is 4.79 Å². The van der Waals surface area contributed by atoms with Crippen LogP contribution in [0, 0.1) is 5.92 Å². The summed E-state index contributed by atoms with van der Waals surface area (Å²) in [5.41, 5.74) is 7.58. The number of amides is 1. The monoisotopic (exact) mass is 363 g/mol. The van der Waals surface area contributed by atoms with Crippen LogP contribution >= 0.6 is 12.4 Å². The summed E-state index contributed by atoms with van der Waals surface area (Å²) in [4.78, 5) is 17.1. The van der Waals surface area contributed by atoms with Crippen molar-refractivity contribution in [2.75, 3.05) is 5.32 Å². The highest BCUT2D eigenvalue weighted by Gasteiger charge is 2.26. The molecule has 1 aliphatic carbocycles. The second-order valence-corrected chi connectivity index (χ2v) is 6.86. The van der Waals surface area contributed by atoms with Crippen molar-refractivity contribution in [1.82, 2.24) is 15.2 Å². The van der Waals surface area contributed by atoms with Crippen molar-refractivity contribution in [3.63, 3.8) is 0 Å². The smallest absolute Gasteiger partial charge is 0.227 e. The Balaban J connectivity index is 0.00000225. The molecule has 0 radical (unpaired) electrons. The van der Waals surface area contributed by atoms with Crippen LogP contribution in [-0.4, -0.2) is 27.1 Å². The summed E-state index contributed by atoms with van der Waals surface area (Å²) in [6.45, 7) is 4.12. The standard InChI is InChI=1S/C18H25N5O.ClH/c1-11(2)16-21-17(23-22-16)14-8-3-4-9-15(14)20-18(24)12-6-5-7-13(19)10-12;/h3-4,8-9,11-13H,5-7,10,19H2,1-2H3,(H,20,24)(H,21,22,23);1H. The number of aromatic amines is 1. The number of benzene rings is 1. The average molecular weight is 364 g/mol. The molecule has 3 rings (SSSR count). The van der Waals surface area contributed by atoms with Gasteiger partial charge in [0.05, 0.1) is 5.69 Å². The van der Waals surface area contributed by atoms with Crippen LogP contribution in [0.1, 0.15) is 51.3 Å². The molecule has 0 spiro atoms. The Morgan fingerprint density at radius 3 is 2.76 bits per heavy atom. The molecule has 25 heavy (non-hydrogen) atoms. The summed E-state index contributed by atoms with van der Waals surface area (Å²) in [6.07, 6.45) is 3.68. The van der Waals surface area contributed by atoms with Gasteiger partial charge in [-0.3, -0.25) is 9.89 Å². The van der Waals surface area contributed by atoms with Crippen LogP contribution in [0.3, 0.4) is 0 Å². The van der Waals surface area contributed by atoms with E-state index in [9.17, 15) is 4.79 Å². The van der Waals surface area contributed by atoms with Crippen molar-refractivity contribution in [2.45, 2.75) is 51.5 Å². The molecule has 1 aromatic carbocycles. The van der Waals surface area contributed by atoms with Crippen molar-refractivity contribution in [1.29, 1.82) is 0 Å². The molecule has 1 heterocycles. The van der Waals surface area contributed by atoms with E-state index in [-0.39, 0.29) is 36.2 Å². The number of H-pyrrole nitrogens is 1. The van der Waals surface area contributed by atoms with Crippen molar-refractivity contribution in [3.05, 3.63) is 30.1 Å². The maximum atomic E-state index is 12.6. The second-order valence-electron chi connectivity index (χ2n) is 6.86. The van der Waals surface area contributed by atoms with Gasteiger partial charge in [0.25, 0.3) is 0 Å². The Labute approximate surface area is 154 Å². The first-order chi connectivity index (χ1) is 11.5. The average Bonchev–Trinajstić information content (AvgIpc) is 3.05. The molecule has 1 aromatic heterocycles. The normalized spacial score (nSPS) is 20.2. The van der Waals surface area contributed by atoms with Gasteiger partial charge in [-0.05, 0) is 31.4 Å². The molecule has 136 valence electrons.